The maximum absolute atomic E-state index is 9.97. The summed E-state index contributed by atoms with van der Waals surface area (Å²) in [6, 6.07) is 0. The number of carbonyl (C=O) groups excluding carboxylic acids is 1. The summed E-state index contributed by atoms with van der Waals surface area (Å²) in [5.74, 6) is -6.93. The minimum atomic E-state index is -4.51. The van der Waals surface area contributed by atoms with Crippen LogP contribution in [0.3, 0.4) is 0 Å². The fourth-order valence-corrected chi connectivity index (χ4v) is 0.774. The summed E-state index contributed by atoms with van der Waals surface area (Å²) in [6.45, 7) is 6.77. The monoisotopic (exact) mass is 331 g/mol. The summed E-state index contributed by atoms with van der Waals surface area (Å²) in [7, 11) is -4.51. The van der Waals surface area contributed by atoms with E-state index in [0.29, 0.717) is 0 Å². The third kappa shape index (κ3) is 20.4. The van der Waals surface area contributed by atoms with Gasteiger partial charge in [0.15, 0.2) is 0 Å². The largest absolute Gasteiger partial charge is 0.614 e. The van der Waals surface area contributed by atoms with Gasteiger partial charge in [-0.3, -0.25) is 14.1 Å². The van der Waals surface area contributed by atoms with Gasteiger partial charge in [0.2, 0.25) is 0 Å². The molecule has 0 rings (SSSR count). The summed E-state index contributed by atoms with van der Waals surface area (Å²) in [4.78, 5) is 63.4. The van der Waals surface area contributed by atoms with E-state index in [1.807, 2.05) is 13.8 Å². The van der Waals surface area contributed by atoms with Crippen molar-refractivity contribution in [1.82, 2.24) is 0 Å². The first kappa shape index (κ1) is 24.0. The standard InChI is InChI=1S/C4H4O5.C3H5O6P.C2H6/c5-2(4(8)9)1-3(6)7;1-2(3(4)5)9-10(6,7)8;1-2/h1H2,(H,6,7)(H,8,9);6-8H,1H2;1-2H3/p+1. The second-order valence-electron chi connectivity index (χ2n) is 2.63. The average molecular weight is 331 g/mol. The van der Waals surface area contributed by atoms with Crippen molar-refractivity contribution in [2.75, 3.05) is 0 Å². The molecule has 0 aromatic heterocycles. The van der Waals surface area contributed by atoms with Gasteiger partial charge in [0, 0.05) is 0 Å². The van der Waals surface area contributed by atoms with E-state index in [1.165, 1.54) is 0 Å². The highest BCUT2D eigenvalue weighted by molar-refractivity contribution is 7.53. The van der Waals surface area contributed by atoms with Crippen molar-refractivity contribution < 1.29 is 53.7 Å². The molecule has 0 aromatic carbocycles. The van der Waals surface area contributed by atoms with Crippen LogP contribution in [-0.4, -0.2) is 53.7 Å². The molecule has 0 spiro atoms. The van der Waals surface area contributed by atoms with Crippen molar-refractivity contribution in [2.45, 2.75) is 20.3 Å². The van der Waals surface area contributed by atoms with Gasteiger partial charge in [-0.2, -0.15) is 14.7 Å². The quantitative estimate of drug-likeness (QED) is 0.119. The summed E-state index contributed by atoms with van der Waals surface area (Å²) < 4.78 is 3.68. The van der Waals surface area contributed by atoms with Gasteiger partial charge in [0.1, 0.15) is 6.42 Å². The van der Waals surface area contributed by atoms with E-state index in [2.05, 4.69) is 11.1 Å². The number of rotatable bonds is 6. The summed E-state index contributed by atoms with van der Waals surface area (Å²) >= 11 is 0. The number of Topliss-reactive ketones (excluding diaryl/α,β-unsaturated/α-hetero) is 1. The molecule has 0 atom stereocenters. The first-order valence-corrected chi connectivity index (χ1v) is 6.60. The Kier molecular flexibility index (Phi) is 13.4. The van der Waals surface area contributed by atoms with Gasteiger partial charge >= 0.3 is 26.1 Å². The van der Waals surface area contributed by atoms with Crippen molar-refractivity contribution in [3.05, 3.63) is 12.3 Å². The molecule has 0 bridgehead atoms. The molecule has 6 N–H and O–H groups in total. The van der Waals surface area contributed by atoms with Gasteiger partial charge in [-0.1, -0.05) is 13.8 Å². The fourth-order valence-electron chi connectivity index (χ4n) is 0.400. The maximum Gasteiger partial charge on any atom is 0.614 e. The Morgan fingerprint density at radius 2 is 1.33 bits per heavy atom. The normalized spacial score (nSPS) is 9.00. The van der Waals surface area contributed by atoms with E-state index in [0.717, 1.165) is 0 Å². The van der Waals surface area contributed by atoms with Crippen molar-refractivity contribution in [2.24, 2.45) is 0 Å². The van der Waals surface area contributed by atoms with E-state index < -0.39 is 44.0 Å². The molecule has 12 heteroatoms. The van der Waals surface area contributed by atoms with Crippen LogP contribution in [0.15, 0.2) is 12.3 Å². The Hall–Kier alpha value is -2.07. The van der Waals surface area contributed by atoms with Crippen LogP contribution < -0.4 is 0 Å². The highest BCUT2D eigenvalue weighted by Gasteiger charge is 2.37. The van der Waals surface area contributed by atoms with Crippen LogP contribution in [0.2, 0.25) is 0 Å². The van der Waals surface area contributed by atoms with Crippen LogP contribution >= 0.6 is 8.17 Å². The van der Waals surface area contributed by atoms with Gasteiger partial charge in [-0.05, 0) is 6.58 Å². The Bertz CT molecular complexity index is 395. The molecular formula is C9H16O11P+. The number of carboxylic acids is 3. The van der Waals surface area contributed by atoms with E-state index in [1.54, 1.807) is 0 Å². The smallest absolute Gasteiger partial charge is 0.481 e. The predicted octanol–water partition coefficient (Wildman–Crippen LogP) is -0.603. The molecule has 0 amide bonds. The molecule has 11 nitrogen and oxygen atoms in total. The van der Waals surface area contributed by atoms with Gasteiger partial charge in [0.05, 0.1) is 0 Å². The minimum absolute atomic E-state index is 0.916. The summed E-state index contributed by atoms with van der Waals surface area (Å²) in [5.41, 5.74) is 0. The molecule has 21 heavy (non-hydrogen) atoms. The van der Waals surface area contributed by atoms with E-state index in [4.69, 9.17) is 30.0 Å². The number of aliphatic carboxylic acids is 3. The number of carbonyl (C=O) groups is 4. The van der Waals surface area contributed by atoms with E-state index >= 15 is 0 Å². The predicted molar refractivity (Wildman–Crippen MR) is 67.7 cm³/mol. The lowest BCUT2D eigenvalue weighted by Gasteiger charge is -2.01. The van der Waals surface area contributed by atoms with Crippen molar-refractivity contribution in [1.29, 1.82) is 0 Å². The zero-order valence-electron chi connectivity index (χ0n) is 11.1. The molecule has 0 aromatic rings. The van der Waals surface area contributed by atoms with Crippen LogP contribution in [0.25, 0.3) is 0 Å². The van der Waals surface area contributed by atoms with Crippen LogP contribution in [-0.2, 0) is 23.7 Å². The number of ketones is 1. The van der Waals surface area contributed by atoms with E-state index in [9.17, 15) is 19.2 Å². The molecule has 0 aliphatic rings. The fraction of sp³-hybridized carbons (Fsp3) is 0.333. The maximum atomic E-state index is 9.97. The lowest BCUT2D eigenvalue weighted by atomic mass is 10.3. The molecule has 0 saturated heterocycles. The molecule has 0 aliphatic heterocycles. The van der Waals surface area contributed by atoms with Gasteiger partial charge < -0.3 is 15.3 Å². The SMILES string of the molecule is C=C(O[P+](O)(O)O)C(=O)O.CC.O=C(O)CC(=O)C(=O)O. The number of hydrogen-bond acceptors (Lipinski definition) is 8. The van der Waals surface area contributed by atoms with Gasteiger partial charge in [0.25, 0.3) is 11.5 Å². The van der Waals surface area contributed by atoms with Crippen molar-refractivity contribution in [3.63, 3.8) is 0 Å². The lowest BCUT2D eigenvalue weighted by molar-refractivity contribution is -0.152. The summed E-state index contributed by atoms with van der Waals surface area (Å²) in [5, 5.41) is 23.7. The van der Waals surface area contributed by atoms with E-state index in [-0.39, 0.29) is 0 Å². The first-order valence-electron chi connectivity index (χ1n) is 5.03. The third-order valence-electron chi connectivity index (χ3n) is 1.02. The second-order valence-corrected chi connectivity index (χ2v) is 3.84. The average Bonchev–Trinajstić information content (AvgIpc) is 2.29. The Morgan fingerprint density at radius 1 is 0.952 bits per heavy atom. The highest BCUT2D eigenvalue weighted by Crippen LogP contribution is 2.47. The molecule has 122 valence electrons. The zero-order valence-corrected chi connectivity index (χ0v) is 12.0. The van der Waals surface area contributed by atoms with Crippen LogP contribution in [0, 0.1) is 0 Å². The Morgan fingerprint density at radius 3 is 1.43 bits per heavy atom. The molecule has 0 unspecified atom stereocenters. The summed E-state index contributed by atoms with van der Waals surface area (Å²) in [6.07, 6.45) is -0.949. The van der Waals surface area contributed by atoms with Crippen LogP contribution in [0.4, 0.5) is 0 Å². The van der Waals surface area contributed by atoms with Crippen LogP contribution in [0.5, 0.6) is 0 Å². The number of carboxylic acid groups (broad SMARTS) is 3. The third-order valence-corrected chi connectivity index (χ3v) is 1.49. The van der Waals surface area contributed by atoms with Gasteiger partial charge in [-0.25, -0.2) is 9.59 Å². The van der Waals surface area contributed by atoms with Crippen molar-refractivity contribution >= 4 is 31.9 Å². The molecular weight excluding hydrogens is 315 g/mol. The van der Waals surface area contributed by atoms with Crippen LogP contribution in [0.1, 0.15) is 20.3 Å². The van der Waals surface area contributed by atoms with Crippen molar-refractivity contribution in [3.8, 4) is 0 Å². The number of hydrogen-bond donors (Lipinski definition) is 6. The Balaban J connectivity index is -0.000000277. The topological polar surface area (TPSA) is 199 Å². The minimum Gasteiger partial charge on any atom is -0.481 e. The molecule has 0 heterocycles. The molecule has 0 aliphatic carbocycles. The molecule has 0 radical (unpaired) electrons. The second kappa shape index (κ2) is 11.7. The molecule has 0 saturated carbocycles. The van der Waals surface area contributed by atoms with Gasteiger partial charge in [-0.15, -0.1) is 0 Å². The zero-order chi connectivity index (χ0) is 17.8. The first-order chi connectivity index (χ1) is 9.36. The molecule has 0 fully saturated rings. The Labute approximate surface area is 119 Å². The highest BCUT2D eigenvalue weighted by atomic mass is 31.2. The lowest BCUT2D eigenvalue weighted by Crippen LogP contribution is -2.16.